The number of nitrogens with zero attached hydrogens (tertiary/aromatic N) is 2. The first-order chi connectivity index (χ1) is 9.40. The zero-order chi connectivity index (χ0) is 14.9. The van der Waals surface area contributed by atoms with Gasteiger partial charge < -0.3 is 5.11 Å². The van der Waals surface area contributed by atoms with Crippen LogP contribution in [0.4, 0.5) is 5.69 Å². The molecule has 110 valence electrons. The number of hydrogen-bond acceptors (Lipinski definition) is 4. The molecule has 0 aliphatic heterocycles. The number of benzene rings is 1. The van der Waals surface area contributed by atoms with E-state index in [4.69, 9.17) is 0 Å². The molecule has 1 aromatic rings. The molecule has 2 atom stereocenters. The maximum atomic E-state index is 10.9. The van der Waals surface area contributed by atoms with Crippen molar-refractivity contribution in [2.45, 2.75) is 38.8 Å². The number of likely N-dealkylation sites (N-methyl/N-ethyl adjacent to an activating group) is 1. The highest BCUT2D eigenvalue weighted by molar-refractivity contribution is 5.40. The van der Waals surface area contributed by atoms with Crippen molar-refractivity contribution < 1.29 is 10.0 Å². The Labute approximate surface area is 119 Å². The largest absolute Gasteiger partial charge is 0.392 e. The van der Waals surface area contributed by atoms with Crippen molar-refractivity contribution in [1.29, 1.82) is 0 Å². The van der Waals surface area contributed by atoms with Gasteiger partial charge in [0.05, 0.1) is 11.0 Å². The molecule has 1 N–H and O–H groups in total. The first-order valence-electron chi connectivity index (χ1n) is 7.03. The Kier molecular flexibility index (Phi) is 4.40. The fraction of sp³-hybridized carbons (Fsp3) is 0.600. The van der Waals surface area contributed by atoms with Crippen LogP contribution in [0.3, 0.4) is 0 Å². The third kappa shape index (κ3) is 3.35. The molecule has 1 aliphatic carbocycles. The van der Waals surface area contributed by atoms with Crippen LogP contribution >= 0.6 is 0 Å². The summed E-state index contributed by atoms with van der Waals surface area (Å²) < 4.78 is 0. The number of aliphatic hydroxyl groups is 1. The maximum absolute atomic E-state index is 10.9. The van der Waals surface area contributed by atoms with Crippen LogP contribution in [0.2, 0.25) is 0 Å². The second-order valence-corrected chi connectivity index (χ2v) is 5.82. The Morgan fingerprint density at radius 3 is 2.70 bits per heavy atom. The van der Waals surface area contributed by atoms with Gasteiger partial charge in [-0.05, 0) is 50.8 Å². The van der Waals surface area contributed by atoms with Crippen molar-refractivity contribution in [3.63, 3.8) is 0 Å². The van der Waals surface area contributed by atoms with Gasteiger partial charge >= 0.3 is 0 Å². The lowest BCUT2D eigenvalue weighted by Crippen LogP contribution is -2.32. The fourth-order valence-corrected chi connectivity index (χ4v) is 2.51. The predicted octanol–water partition coefficient (Wildman–Crippen LogP) is 2.67. The Bertz CT molecular complexity index is 500. The van der Waals surface area contributed by atoms with E-state index in [9.17, 15) is 15.2 Å². The number of nitro groups is 1. The van der Waals surface area contributed by atoms with Gasteiger partial charge in [-0.15, -0.1) is 0 Å². The van der Waals surface area contributed by atoms with E-state index in [1.165, 1.54) is 6.07 Å². The maximum Gasteiger partial charge on any atom is 0.269 e. The molecule has 0 heterocycles. The first-order valence-corrected chi connectivity index (χ1v) is 7.03. The van der Waals surface area contributed by atoms with Crippen LogP contribution in [0.1, 0.15) is 36.9 Å². The Morgan fingerprint density at radius 2 is 2.15 bits per heavy atom. The number of nitro benzene ring substituents is 1. The van der Waals surface area contributed by atoms with Crippen LogP contribution < -0.4 is 0 Å². The molecule has 2 unspecified atom stereocenters. The van der Waals surface area contributed by atoms with Crippen LogP contribution in [0.5, 0.6) is 0 Å². The Morgan fingerprint density at radius 1 is 1.50 bits per heavy atom. The molecule has 0 spiro atoms. The summed E-state index contributed by atoms with van der Waals surface area (Å²) in [6, 6.07) is 5.00. The van der Waals surface area contributed by atoms with Crippen molar-refractivity contribution in [3.05, 3.63) is 39.4 Å². The van der Waals surface area contributed by atoms with Gasteiger partial charge in [0.2, 0.25) is 0 Å². The molecule has 1 fully saturated rings. The average molecular weight is 278 g/mol. The highest BCUT2D eigenvalue weighted by Gasteiger charge is 2.31. The molecule has 0 saturated heterocycles. The second-order valence-electron chi connectivity index (χ2n) is 5.82. The number of non-ortho nitro benzene ring substituents is 1. The van der Waals surface area contributed by atoms with Crippen molar-refractivity contribution >= 4 is 5.69 Å². The molecule has 20 heavy (non-hydrogen) atoms. The molecular formula is C15H22N2O3. The lowest BCUT2D eigenvalue weighted by atomic mass is 10.00. The van der Waals surface area contributed by atoms with Gasteiger partial charge in [0, 0.05) is 24.7 Å². The molecule has 5 nitrogen and oxygen atoms in total. The van der Waals surface area contributed by atoms with E-state index >= 15 is 0 Å². The molecule has 1 aromatic carbocycles. The van der Waals surface area contributed by atoms with Gasteiger partial charge in [0.25, 0.3) is 5.69 Å². The molecule has 1 aliphatic rings. The summed E-state index contributed by atoms with van der Waals surface area (Å²) >= 11 is 0. The van der Waals surface area contributed by atoms with E-state index in [2.05, 4.69) is 4.90 Å². The first kappa shape index (κ1) is 14.9. The van der Waals surface area contributed by atoms with E-state index in [0.29, 0.717) is 12.5 Å². The minimum Gasteiger partial charge on any atom is -0.392 e. The predicted molar refractivity (Wildman–Crippen MR) is 77.6 cm³/mol. The number of aryl methyl sites for hydroxylation is 1. The topological polar surface area (TPSA) is 66.6 Å². The smallest absolute Gasteiger partial charge is 0.269 e. The third-order valence-corrected chi connectivity index (χ3v) is 4.23. The van der Waals surface area contributed by atoms with Gasteiger partial charge in [-0.2, -0.15) is 0 Å². The van der Waals surface area contributed by atoms with E-state index in [1.807, 2.05) is 20.9 Å². The highest BCUT2D eigenvalue weighted by atomic mass is 16.6. The van der Waals surface area contributed by atoms with Crippen molar-refractivity contribution in [3.8, 4) is 0 Å². The lowest BCUT2D eigenvalue weighted by Gasteiger charge is -2.28. The summed E-state index contributed by atoms with van der Waals surface area (Å²) in [7, 11) is 1.95. The average Bonchev–Trinajstić information content (AvgIpc) is 3.22. The zero-order valence-corrected chi connectivity index (χ0v) is 12.2. The molecule has 0 bridgehead atoms. The highest BCUT2D eigenvalue weighted by Crippen LogP contribution is 2.34. The minimum absolute atomic E-state index is 0.0447. The van der Waals surface area contributed by atoms with Gasteiger partial charge in [-0.1, -0.05) is 6.07 Å². The zero-order valence-electron chi connectivity index (χ0n) is 12.2. The Hall–Kier alpha value is -1.46. The lowest BCUT2D eigenvalue weighted by molar-refractivity contribution is -0.385. The number of rotatable bonds is 6. The van der Waals surface area contributed by atoms with Crippen LogP contribution in [0.15, 0.2) is 18.2 Å². The summed E-state index contributed by atoms with van der Waals surface area (Å²) in [5.41, 5.74) is 2.11. The number of hydrogen-bond donors (Lipinski definition) is 1. The molecule has 5 heteroatoms. The van der Waals surface area contributed by atoms with E-state index in [-0.39, 0.29) is 22.8 Å². The molecule has 0 aromatic heterocycles. The second kappa shape index (κ2) is 5.89. The van der Waals surface area contributed by atoms with Gasteiger partial charge in [-0.25, -0.2) is 0 Å². The summed E-state index contributed by atoms with van der Waals surface area (Å²) in [5.74, 6) is 0.441. The monoisotopic (exact) mass is 278 g/mol. The van der Waals surface area contributed by atoms with Crippen LogP contribution in [0, 0.1) is 23.0 Å². The number of aliphatic hydroxyl groups excluding tert-OH is 1. The third-order valence-electron chi connectivity index (χ3n) is 4.23. The van der Waals surface area contributed by atoms with E-state index in [0.717, 1.165) is 24.0 Å². The van der Waals surface area contributed by atoms with Crippen molar-refractivity contribution in [2.75, 3.05) is 13.6 Å². The summed E-state index contributed by atoms with van der Waals surface area (Å²) in [5, 5.41) is 20.9. The molecule has 2 rings (SSSR count). The summed E-state index contributed by atoms with van der Waals surface area (Å²) in [6.07, 6.45) is 1.93. The van der Waals surface area contributed by atoms with Crippen LogP contribution in [-0.4, -0.2) is 34.6 Å². The summed E-state index contributed by atoms with van der Waals surface area (Å²) in [4.78, 5) is 12.6. The summed E-state index contributed by atoms with van der Waals surface area (Å²) in [6.45, 7) is 4.58. The van der Waals surface area contributed by atoms with Gasteiger partial charge in [0.1, 0.15) is 0 Å². The molecule has 0 radical (unpaired) electrons. The van der Waals surface area contributed by atoms with Gasteiger partial charge in [0.15, 0.2) is 0 Å². The van der Waals surface area contributed by atoms with Crippen LogP contribution in [-0.2, 0) is 0 Å². The normalized spacial score (nSPS) is 18.1. The molecular weight excluding hydrogens is 256 g/mol. The van der Waals surface area contributed by atoms with Crippen molar-refractivity contribution in [2.24, 2.45) is 5.92 Å². The minimum atomic E-state index is -0.366. The van der Waals surface area contributed by atoms with Crippen LogP contribution in [0.25, 0.3) is 0 Å². The van der Waals surface area contributed by atoms with Crippen molar-refractivity contribution in [1.82, 2.24) is 4.90 Å². The standard InChI is InChI=1S/C15H22N2O3/c1-10-4-7-13(17(19)20)8-14(10)11(2)16(3)9-15(18)12-5-6-12/h4,7-8,11-12,15,18H,5-6,9H2,1-3H3. The SMILES string of the molecule is Cc1ccc([N+](=O)[O-])cc1C(C)N(C)CC(O)C1CC1. The molecule has 1 saturated carbocycles. The van der Waals surface area contributed by atoms with E-state index < -0.39 is 0 Å². The fourth-order valence-electron chi connectivity index (χ4n) is 2.51. The van der Waals surface area contributed by atoms with E-state index in [1.54, 1.807) is 12.1 Å². The quantitative estimate of drug-likeness (QED) is 0.641. The van der Waals surface area contributed by atoms with Gasteiger partial charge in [-0.3, -0.25) is 15.0 Å². The Balaban J connectivity index is 2.12. The molecule has 0 amide bonds.